The quantitative estimate of drug-likeness (QED) is 0.666. The maximum atomic E-state index is 11.6. The average molecular weight is 209 g/mol. The molecule has 15 heavy (non-hydrogen) atoms. The van der Waals surface area contributed by atoms with E-state index in [0.29, 0.717) is 0 Å². The van der Waals surface area contributed by atoms with Gasteiger partial charge in [0.25, 0.3) is 0 Å². The second-order valence-corrected chi connectivity index (χ2v) is 3.95. The van der Waals surface area contributed by atoms with Gasteiger partial charge in [0.1, 0.15) is 5.60 Å². The van der Waals surface area contributed by atoms with Crippen LogP contribution in [-0.4, -0.2) is 16.6 Å². The predicted octanol–water partition coefficient (Wildman–Crippen LogP) is 3.46. The van der Waals surface area contributed by atoms with Crippen molar-refractivity contribution in [2.24, 2.45) is 0 Å². The van der Waals surface area contributed by atoms with Crippen LogP contribution in [0.4, 0.5) is 4.79 Å². The molecule has 0 radical (unpaired) electrons. The zero-order chi connectivity index (χ0) is 11.9. The third kappa shape index (κ3) is 6.55. The van der Waals surface area contributed by atoms with Crippen LogP contribution in [0.15, 0.2) is 37.2 Å². The maximum Gasteiger partial charge on any atom is 0.418 e. The Morgan fingerprint density at radius 1 is 1.33 bits per heavy atom. The smallest absolute Gasteiger partial charge is 0.418 e. The monoisotopic (exact) mass is 209 g/mol. The molecule has 0 bridgehead atoms. The van der Waals surface area contributed by atoms with Gasteiger partial charge in [-0.05, 0) is 33.8 Å². The molecule has 0 aliphatic carbocycles. The van der Waals surface area contributed by atoms with Crippen molar-refractivity contribution in [2.75, 3.05) is 0 Å². The molecule has 0 aliphatic heterocycles. The molecule has 0 saturated carbocycles. The van der Waals surface area contributed by atoms with Crippen LogP contribution >= 0.6 is 0 Å². The molecule has 0 unspecified atom stereocenters. The Morgan fingerprint density at radius 3 is 2.33 bits per heavy atom. The first-order valence-electron chi connectivity index (χ1n) is 4.84. The lowest BCUT2D eigenvalue weighted by Gasteiger charge is -2.23. The molecule has 3 nitrogen and oxygen atoms in total. The highest BCUT2D eigenvalue weighted by Gasteiger charge is 2.18. The Kier molecular flexibility index (Phi) is 5.45. The first kappa shape index (κ1) is 13.5. The van der Waals surface area contributed by atoms with E-state index in [1.165, 1.54) is 4.90 Å². The summed E-state index contributed by atoms with van der Waals surface area (Å²) in [7, 11) is 0. The summed E-state index contributed by atoms with van der Waals surface area (Å²) in [5.74, 6) is 0. The van der Waals surface area contributed by atoms with Crippen LogP contribution in [-0.2, 0) is 4.74 Å². The zero-order valence-corrected chi connectivity index (χ0v) is 9.86. The highest BCUT2D eigenvalue weighted by Crippen LogP contribution is 2.10. The minimum atomic E-state index is -0.487. The molecular formula is C12H19NO2. The first-order valence-corrected chi connectivity index (χ1v) is 4.84. The van der Waals surface area contributed by atoms with Gasteiger partial charge in [-0.15, -0.1) is 0 Å². The number of carbonyl (C=O) groups excluding carboxylic acids is 1. The fraction of sp³-hybridized carbons (Fsp3) is 0.417. The van der Waals surface area contributed by atoms with Crippen molar-refractivity contribution >= 4 is 6.09 Å². The van der Waals surface area contributed by atoms with Crippen molar-refractivity contribution < 1.29 is 9.53 Å². The average Bonchev–Trinajstić information content (AvgIpc) is 2.09. The van der Waals surface area contributed by atoms with Gasteiger partial charge in [0.2, 0.25) is 0 Å². The van der Waals surface area contributed by atoms with Gasteiger partial charge in [0.15, 0.2) is 0 Å². The van der Waals surface area contributed by atoms with Gasteiger partial charge in [0, 0.05) is 12.4 Å². The fourth-order valence-corrected chi connectivity index (χ4v) is 0.800. The van der Waals surface area contributed by atoms with Gasteiger partial charge < -0.3 is 4.74 Å². The molecule has 84 valence electrons. The second-order valence-electron chi connectivity index (χ2n) is 3.95. The number of nitrogens with zero attached hydrogens (tertiary/aromatic N) is 1. The van der Waals surface area contributed by atoms with E-state index in [1.807, 2.05) is 27.7 Å². The molecule has 3 heteroatoms. The van der Waals surface area contributed by atoms with Crippen molar-refractivity contribution in [1.29, 1.82) is 0 Å². The minimum absolute atomic E-state index is 0.404. The predicted molar refractivity (Wildman–Crippen MR) is 62.2 cm³/mol. The largest absolute Gasteiger partial charge is 0.443 e. The molecule has 0 atom stereocenters. The zero-order valence-electron chi connectivity index (χ0n) is 9.86. The van der Waals surface area contributed by atoms with Crippen LogP contribution in [0.3, 0.4) is 0 Å². The molecular weight excluding hydrogens is 190 g/mol. The number of ether oxygens (including phenoxy) is 1. The van der Waals surface area contributed by atoms with Gasteiger partial charge in [-0.1, -0.05) is 18.7 Å². The molecule has 0 aromatic heterocycles. The fourth-order valence-electron chi connectivity index (χ4n) is 0.800. The Bertz CT molecular complexity index is 272. The molecule has 0 aliphatic rings. The summed E-state index contributed by atoms with van der Waals surface area (Å²) in [5, 5.41) is 0. The summed E-state index contributed by atoms with van der Waals surface area (Å²) in [4.78, 5) is 13.0. The molecule has 0 saturated heterocycles. The topological polar surface area (TPSA) is 29.5 Å². The van der Waals surface area contributed by atoms with E-state index in [-0.39, 0.29) is 0 Å². The minimum Gasteiger partial charge on any atom is -0.443 e. The number of hydrogen-bond donors (Lipinski definition) is 0. The van der Waals surface area contributed by atoms with E-state index >= 15 is 0 Å². The number of hydrogen-bond acceptors (Lipinski definition) is 2. The van der Waals surface area contributed by atoms with Gasteiger partial charge in [-0.25, -0.2) is 4.79 Å². The van der Waals surface area contributed by atoms with E-state index in [2.05, 4.69) is 6.58 Å². The van der Waals surface area contributed by atoms with Crippen molar-refractivity contribution in [3.05, 3.63) is 37.2 Å². The molecule has 0 aromatic rings. The van der Waals surface area contributed by atoms with Gasteiger partial charge >= 0.3 is 6.09 Å². The number of rotatable bonds is 3. The summed E-state index contributed by atoms with van der Waals surface area (Å²) >= 11 is 0. The second kappa shape index (κ2) is 6.06. The van der Waals surface area contributed by atoms with Crippen LogP contribution < -0.4 is 0 Å². The Labute approximate surface area is 91.7 Å². The van der Waals surface area contributed by atoms with Gasteiger partial charge in [0.05, 0.1) is 0 Å². The SMILES string of the molecule is C=C/C=C/N(/C=C\C)C(=O)OC(C)(C)C. The standard InChI is InChI=1S/C12H19NO2/c1-6-8-10-13(9-7-2)11(14)15-12(3,4)5/h6-10H,1H2,2-5H3/b9-7-,10-8+. The summed E-state index contributed by atoms with van der Waals surface area (Å²) in [5.41, 5.74) is -0.487. The normalized spacial score (nSPS) is 12.0. The molecule has 0 N–H and O–H groups in total. The lowest BCUT2D eigenvalue weighted by Crippen LogP contribution is -2.30. The summed E-state index contributed by atoms with van der Waals surface area (Å²) in [6.07, 6.45) is 7.86. The molecule has 0 fully saturated rings. The highest BCUT2D eigenvalue weighted by molar-refractivity contribution is 5.70. The van der Waals surface area contributed by atoms with Crippen molar-refractivity contribution in [3.63, 3.8) is 0 Å². The van der Waals surface area contributed by atoms with Crippen LogP contribution in [0.5, 0.6) is 0 Å². The van der Waals surface area contributed by atoms with Crippen LogP contribution in [0.2, 0.25) is 0 Å². The lowest BCUT2D eigenvalue weighted by molar-refractivity contribution is 0.0399. The maximum absolute atomic E-state index is 11.6. The summed E-state index contributed by atoms with van der Waals surface area (Å²) in [6.45, 7) is 10.9. The third-order valence-electron chi connectivity index (χ3n) is 1.30. The van der Waals surface area contributed by atoms with E-state index in [4.69, 9.17) is 4.74 Å². The van der Waals surface area contributed by atoms with Gasteiger partial charge in [-0.3, -0.25) is 4.90 Å². The van der Waals surface area contributed by atoms with Crippen LogP contribution in [0, 0.1) is 0 Å². The van der Waals surface area contributed by atoms with E-state index in [1.54, 1.807) is 30.6 Å². The molecule has 0 spiro atoms. The molecule has 0 heterocycles. The Morgan fingerprint density at radius 2 is 1.93 bits per heavy atom. The van der Waals surface area contributed by atoms with Crippen molar-refractivity contribution in [1.82, 2.24) is 4.90 Å². The summed E-state index contributed by atoms with van der Waals surface area (Å²) in [6, 6.07) is 0. The summed E-state index contributed by atoms with van der Waals surface area (Å²) < 4.78 is 5.20. The molecule has 0 rings (SSSR count). The number of carbonyl (C=O) groups is 1. The third-order valence-corrected chi connectivity index (χ3v) is 1.30. The van der Waals surface area contributed by atoms with Gasteiger partial charge in [-0.2, -0.15) is 0 Å². The first-order chi connectivity index (χ1) is 6.90. The number of allylic oxidation sites excluding steroid dienone is 3. The van der Waals surface area contributed by atoms with E-state index in [9.17, 15) is 4.79 Å². The molecule has 0 aromatic carbocycles. The molecule has 1 amide bonds. The van der Waals surface area contributed by atoms with Crippen LogP contribution in [0.1, 0.15) is 27.7 Å². The highest BCUT2D eigenvalue weighted by atomic mass is 16.6. The Balaban J connectivity index is 4.56. The van der Waals surface area contributed by atoms with E-state index in [0.717, 1.165) is 0 Å². The number of amides is 1. The Hall–Kier alpha value is -1.51. The van der Waals surface area contributed by atoms with Crippen molar-refractivity contribution in [2.45, 2.75) is 33.3 Å². The van der Waals surface area contributed by atoms with Crippen molar-refractivity contribution in [3.8, 4) is 0 Å². The van der Waals surface area contributed by atoms with Crippen LogP contribution in [0.25, 0.3) is 0 Å². The van der Waals surface area contributed by atoms with E-state index < -0.39 is 11.7 Å². The lowest BCUT2D eigenvalue weighted by atomic mass is 10.2.